The molecular formula is C15H24N2O2S. The molecule has 0 saturated heterocycles. The third-order valence-electron chi connectivity index (χ3n) is 4.16. The lowest BCUT2D eigenvalue weighted by Gasteiger charge is -2.28. The number of nitrogens with one attached hydrogen (secondary N) is 1. The first-order valence-corrected chi connectivity index (χ1v) is 8.28. The maximum absolute atomic E-state index is 12.0. The average Bonchev–Trinajstić information content (AvgIpc) is 2.79. The summed E-state index contributed by atoms with van der Waals surface area (Å²) in [6, 6.07) is 0. The highest BCUT2D eigenvalue weighted by Crippen LogP contribution is 2.31. The van der Waals surface area contributed by atoms with E-state index in [4.69, 9.17) is 4.74 Å². The number of anilines is 1. The zero-order chi connectivity index (χ0) is 14.5. The molecule has 2 rings (SSSR count). The molecule has 0 aromatic carbocycles. The van der Waals surface area contributed by atoms with Crippen LogP contribution in [0.2, 0.25) is 0 Å². The molecule has 1 fully saturated rings. The Morgan fingerprint density at radius 1 is 1.45 bits per heavy atom. The molecule has 1 aromatic heterocycles. The van der Waals surface area contributed by atoms with Gasteiger partial charge in [-0.1, -0.05) is 26.2 Å². The van der Waals surface area contributed by atoms with Crippen LogP contribution in [-0.2, 0) is 4.74 Å². The third-order valence-corrected chi connectivity index (χ3v) is 5.05. The van der Waals surface area contributed by atoms with Crippen molar-refractivity contribution in [1.82, 2.24) is 4.37 Å². The Kier molecular flexibility index (Phi) is 5.40. The molecule has 112 valence electrons. The van der Waals surface area contributed by atoms with Crippen molar-refractivity contribution in [2.75, 3.05) is 18.5 Å². The molecule has 1 aliphatic rings. The summed E-state index contributed by atoms with van der Waals surface area (Å²) in [5, 5.41) is 4.29. The lowest BCUT2D eigenvalue weighted by Crippen LogP contribution is -2.24. The van der Waals surface area contributed by atoms with Crippen molar-refractivity contribution in [2.45, 2.75) is 46.5 Å². The first-order chi connectivity index (χ1) is 9.63. The Labute approximate surface area is 125 Å². The smallest absolute Gasteiger partial charge is 0.343 e. The Morgan fingerprint density at radius 2 is 2.20 bits per heavy atom. The average molecular weight is 296 g/mol. The molecule has 0 amide bonds. The van der Waals surface area contributed by atoms with Crippen LogP contribution in [0.3, 0.4) is 0 Å². The molecular weight excluding hydrogens is 272 g/mol. The number of nitrogens with zero attached hydrogens (tertiary/aromatic N) is 1. The number of carbonyl (C=O) groups excluding carboxylic acids is 1. The van der Waals surface area contributed by atoms with Gasteiger partial charge in [0.15, 0.2) is 0 Å². The van der Waals surface area contributed by atoms with Gasteiger partial charge in [-0.15, -0.1) is 0 Å². The lowest BCUT2D eigenvalue weighted by atomic mass is 9.80. The van der Waals surface area contributed by atoms with E-state index in [1.807, 2.05) is 13.8 Å². The minimum atomic E-state index is -0.266. The fourth-order valence-corrected chi connectivity index (χ4v) is 3.64. The highest BCUT2D eigenvalue weighted by Gasteiger charge is 2.23. The van der Waals surface area contributed by atoms with Crippen LogP contribution in [0.1, 0.15) is 55.6 Å². The van der Waals surface area contributed by atoms with Crippen molar-refractivity contribution < 1.29 is 9.53 Å². The van der Waals surface area contributed by atoms with Crippen molar-refractivity contribution in [3.63, 3.8) is 0 Å². The molecule has 0 spiro atoms. The van der Waals surface area contributed by atoms with Crippen LogP contribution in [-0.4, -0.2) is 23.5 Å². The van der Waals surface area contributed by atoms with Crippen molar-refractivity contribution in [3.8, 4) is 0 Å². The zero-order valence-electron chi connectivity index (χ0n) is 12.6. The van der Waals surface area contributed by atoms with Crippen LogP contribution in [0.5, 0.6) is 0 Å². The molecule has 20 heavy (non-hydrogen) atoms. The van der Waals surface area contributed by atoms with Crippen LogP contribution in [0, 0.1) is 18.8 Å². The van der Waals surface area contributed by atoms with E-state index in [1.54, 1.807) is 0 Å². The topological polar surface area (TPSA) is 51.2 Å². The largest absolute Gasteiger partial charge is 0.462 e. The number of carbonyl (C=O) groups is 1. The number of hydrogen-bond donors (Lipinski definition) is 1. The first-order valence-electron chi connectivity index (χ1n) is 7.50. The van der Waals surface area contributed by atoms with Crippen molar-refractivity contribution in [3.05, 3.63) is 11.3 Å². The Morgan fingerprint density at radius 3 is 2.90 bits per heavy atom. The monoisotopic (exact) mass is 296 g/mol. The van der Waals surface area contributed by atoms with Gasteiger partial charge in [-0.2, -0.15) is 4.37 Å². The Bertz CT molecular complexity index is 459. The quantitative estimate of drug-likeness (QED) is 0.838. The SMILES string of the molecule is CCOC(=O)c1c(C)nsc1NCC1CCCCC1C. The molecule has 1 aliphatic carbocycles. The second kappa shape index (κ2) is 7.07. The van der Waals surface area contributed by atoms with Gasteiger partial charge in [0.25, 0.3) is 0 Å². The van der Waals surface area contributed by atoms with Gasteiger partial charge in [0.05, 0.1) is 12.3 Å². The summed E-state index contributed by atoms with van der Waals surface area (Å²) >= 11 is 1.36. The molecule has 2 unspecified atom stereocenters. The summed E-state index contributed by atoms with van der Waals surface area (Å²) in [7, 11) is 0. The number of hydrogen-bond acceptors (Lipinski definition) is 5. The van der Waals surface area contributed by atoms with Crippen LogP contribution < -0.4 is 5.32 Å². The van der Waals surface area contributed by atoms with Crippen molar-refractivity contribution in [1.29, 1.82) is 0 Å². The van der Waals surface area contributed by atoms with E-state index in [9.17, 15) is 4.79 Å². The predicted molar refractivity (Wildman–Crippen MR) is 82.4 cm³/mol. The number of rotatable bonds is 5. The maximum atomic E-state index is 12.0. The third kappa shape index (κ3) is 3.51. The molecule has 1 N–H and O–H groups in total. The lowest BCUT2D eigenvalue weighted by molar-refractivity contribution is 0.0527. The molecule has 4 nitrogen and oxygen atoms in total. The normalized spacial score (nSPS) is 22.6. The highest BCUT2D eigenvalue weighted by molar-refractivity contribution is 7.10. The molecule has 0 aliphatic heterocycles. The molecule has 1 aromatic rings. The van der Waals surface area contributed by atoms with Gasteiger partial charge in [-0.25, -0.2) is 4.79 Å². The summed E-state index contributed by atoms with van der Waals surface area (Å²) in [4.78, 5) is 12.0. The predicted octanol–water partition coefficient (Wildman–Crippen LogP) is 3.87. The van der Waals surface area contributed by atoms with Gasteiger partial charge in [-0.05, 0) is 43.6 Å². The maximum Gasteiger partial charge on any atom is 0.343 e. The molecule has 0 radical (unpaired) electrons. The van der Waals surface area contributed by atoms with E-state index < -0.39 is 0 Å². The minimum absolute atomic E-state index is 0.266. The summed E-state index contributed by atoms with van der Waals surface area (Å²) in [5.41, 5.74) is 1.37. The summed E-state index contributed by atoms with van der Waals surface area (Å²) in [5.74, 6) is 1.19. The Hall–Kier alpha value is -1.10. The number of aryl methyl sites for hydroxylation is 1. The van der Waals surface area contributed by atoms with Crippen LogP contribution in [0.4, 0.5) is 5.00 Å². The zero-order valence-corrected chi connectivity index (χ0v) is 13.4. The van der Waals surface area contributed by atoms with E-state index in [-0.39, 0.29) is 5.97 Å². The summed E-state index contributed by atoms with van der Waals surface area (Å²) < 4.78 is 9.39. The fraction of sp³-hybridized carbons (Fsp3) is 0.733. The summed E-state index contributed by atoms with van der Waals surface area (Å²) in [6.45, 7) is 7.33. The van der Waals surface area contributed by atoms with Gasteiger partial charge < -0.3 is 10.1 Å². The first kappa shape index (κ1) is 15.3. The van der Waals surface area contributed by atoms with E-state index in [0.29, 0.717) is 18.1 Å². The minimum Gasteiger partial charge on any atom is -0.462 e. The Balaban J connectivity index is 2.00. The summed E-state index contributed by atoms with van der Waals surface area (Å²) in [6.07, 6.45) is 5.27. The molecule has 1 heterocycles. The van der Waals surface area contributed by atoms with Crippen LogP contribution in [0.25, 0.3) is 0 Å². The van der Waals surface area contributed by atoms with Gasteiger partial charge in [0, 0.05) is 6.54 Å². The van der Waals surface area contributed by atoms with Crippen molar-refractivity contribution >= 4 is 22.5 Å². The van der Waals surface area contributed by atoms with Gasteiger partial charge in [0.1, 0.15) is 10.6 Å². The molecule has 5 heteroatoms. The van der Waals surface area contributed by atoms with Gasteiger partial charge in [0.2, 0.25) is 0 Å². The van der Waals surface area contributed by atoms with Gasteiger partial charge >= 0.3 is 5.97 Å². The van der Waals surface area contributed by atoms with E-state index in [0.717, 1.165) is 23.2 Å². The molecule has 0 bridgehead atoms. The number of aromatic nitrogens is 1. The van der Waals surface area contributed by atoms with E-state index in [2.05, 4.69) is 16.6 Å². The number of ether oxygens (including phenoxy) is 1. The fourth-order valence-electron chi connectivity index (χ4n) is 2.85. The van der Waals surface area contributed by atoms with Gasteiger partial charge in [-0.3, -0.25) is 0 Å². The molecule has 2 atom stereocenters. The second-order valence-corrected chi connectivity index (χ2v) is 6.37. The second-order valence-electron chi connectivity index (χ2n) is 5.60. The van der Waals surface area contributed by atoms with Crippen molar-refractivity contribution in [2.24, 2.45) is 11.8 Å². The highest BCUT2D eigenvalue weighted by atomic mass is 32.1. The van der Waals surface area contributed by atoms with E-state index >= 15 is 0 Å². The van der Waals surface area contributed by atoms with Crippen LogP contribution in [0.15, 0.2) is 0 Å². The van der Waals surface area contributed by atoms with E-state index in [1.165, 1.54) is 37.2 Å². The number of esters is 1. The molecule has 1 saturated carbocycles. The standard InChI is InChI=1S/C15H24N2O2S/c1-4-19-15(18)13-11(3)17-20-14(13)16-9-12-8-6-5-7-10(12)2/h10,12,16H,4-9H2,1-3H3. The van der Waals surface area contributed by atoms with Crippen LogP contribution >= 0.6 is 11.5 Å².